The lowest BCUT2D eigenvalue weighted by atomic mass is 10.1. The Balaban J connectivity index is 1.30. The maximum atomic E-state index is 12.5. The number of thioether (sulfide) groups is 1. The third-order valence-electron chi connectivity index (χ3n) is 6.27. The molecule has 1 aliphatic heterocycles. The van der Waals surface area contributed by atoms with Crippen LogP contribution >= 0.6 is 23.4 Å². The summed E-state index contributed by atoms with van der Waals surface area (Å²) < 4.78 is 36.5. The average molecular weight is 554 g/mol. The van der Waals surface area contributed by atoms with Gasteiger partial charge in [0, 0.05) is 34.3 Å². The fourth-order valence-electron chi connectivity index (χ4n) is 4.50. The van der Waals surface area contributed by atoms with E-state index in [-0.39, 0.29) is 0 Å². The Morgan fingerprint density at radius 3 is 2.37 bits per heavy atom. The Bertz CT molecular complexity index is 1360. The van der Waals surface area contributed by atoms with Crippen molar-refractivity contribution in [2.45, 2.75) is 23.5 Å². The summed E-state index contributed by atoms with van der Waals surface area (Å²) in [5, 5.41) is 9.25. The van der Waals surface area contributed by atoms with E-state index in [0.717, 1.165) is 47.7 Å². The number of morpholine rings is 1. The molecule has 0 amide bonds. The predicted octanol–water partition coefficient (Wildman–Crippen LogP) is 7.78. The lowest BCUT2D eigenvalue weighted by molar-refractivity contribution is 0.0548. The van der Waals surface area contributed by atoms with Crippen LogP contribution in [0.15, 0.2) is 97.0 Å². The van der Waals surface area contributed by atoms with Crippen LogP contribution in [0.5, 0.6) is 0 Å². The second-order valence-electron chi connectivity index (χ2n) is 8.79. The van der Waals surface area contributed by atoms with Gasteiger partial charge in [0.15, 0.2) is 0 Å². The second-order valence-corrected chi connectivity index (χ2v) is 10.3. The Kier molecular flexibility index (Phi) is 8.73. The van der Waals surface area contributed by atoms with Crippen LogP contribution in [0, 0.1) is 0 Å². The number of hydrogen-bond donors (Lipinski definition) is 0. The fraction of sp³-hybridized carbons (Fsp3) is 0.241. The highest BCUT2D eigenvalue weighted by atomic mass is 35.5. The van der Waals surface area contributed by atoms with Crippen molar-refractivity contribution in [3.05, 3.63) is 93.9 Å². The van der Waals surface area contributed by atoms with Gasteiger partial charge in [-0.3, -0.25) is 0 Å². The molecule has 5 nitrogen and oxygen atoms in total. The van der Waals surface area contributed by atoms with E-state index in [1.165, 1.54) is 11.3 Å². The summed E-state index contributed by atoms with van der Waals surface area (Å²) in [6.07, 6.45) is 7.42. The molecule has 5 rings (SSSR count). The SMILES string of the molecule is FC(F)Sc1ccc(-c2ccc(C=NN=CC3=C(N4CCOCC4)/C(=C\c4ccc(Cl)cc4)CC3)o2)cc1. The van der Waals surface area contributed by atoms with Crippen LogP contribution in [0.4, 0.5) is 8.78 Å². The first-order chi connectivity index (χ1) is 18.5. The van der Waals surface area contributed by atoms with Crippen molar-refractivity contribution < 1.29 is 17.9 Å². The van der Waals surface area contributed by atoms with E-state index in [0.29, 0.717) is 41.4 Å². The molecule has 196 valence electrons. The molecule has 2 aromatic carbocycles. The van der Waals surface area contributed by atoms with Crippen LogP contribution in [0.3, 0.4) is 0 Å². The molecule has 3 aromatic rings. The number of furan rings is 1. The molecular weight excluding hydrogens is 528 g/mol. The maximum absolute atomic E-state index is 12.5. The number of ether oxygens (including phenoxy) is 1. The van der Waals surface area contributed by atoms with Gasteiger partial charge < -0.3 is 14.1 Å². The molecule has 0 spiro atoms. The van der Waals surface area contributed by atoms with Gasteiger partial charge >= 0.3 is 0 Å². The number of rotatable bonds is 8. The maximum Gasteiger partial charge on any atom is 0.288 e. The monoisotopic (exact) mass is 553 g/mol. The van der Waals surface area contributed by atoms with Gasteiger partial charge in [-0.1, -0.05) is 47.6 Å². The van der Waals surface area contributed by atoms with Crippen molar-refractivity contribution in [1.82, 2.24) is 4.90 Å². The van der Waals surface area contributed by atoms with E-state index >= 15 is 0 Å². The van der Waals surface area contributed by atoms with Crippen molar-refractivity contribution in [3.63, 3.8) is 0 Å². The number of halogens is 3. The van der Waals surface area contributed by atoms with E-state index in [1.807, 2.05) is 36.5 Å². The van der Waals surface area contributed by atoms with Gasteiger partial charge in [-0.2, -0.15) is 19.0 Å². The molecule has 1 fully saturated rings. The minimum Gasteiger partial charge on any atom is -0.455 e. The van der Waals surface area contributed by atoms with E-state index < -0.39 is 5.76 Å². The van der Waals surface area contributed by atoms with E-state index in [4.69, 9.17) is 20.8 Å². The summed E-state index contributed by atoms with van der Waals surface area (Å²) in [6.45, 7) is 3.08. The topological polar surface area (TPSA) is 50.3 Å². The molecule has 2 aliphatic rings. The summed E-state index contributed by atoms with van der Waals surface area (Å²) in [5.74, 6) is -1.25. The molecule has 38 heavy (non-hydrogen) atoms. The van der Waals surface area contributed by atoms with Crippen LogP contribution in [0.2, 0.25) is 5.02 Å². The van der Waals surface area contributed by atoms with E-state index in [2.05, 4.69) is 21.2 Å². The van der Waals surface area contributed by atoms with Crippen molar-refractivity contribution in [1.29, 1.82) is 0 Å². The van der Waals surface area contributed by atoms with Gasteiger partial charge in [0.1, 0.15) is 11.5 Å². The van der Waals surface area contributed by atoms with Crippen molar-refractivity contribution in [3.8, 4) is 11.3 Å². The molecule has 1 saturated heterocycles. The summed E-state index contributed by atoms with van der Waals surface area (Å²) in [5.41, 5.74) is 5.54. The lowest BCUT2D eigenvalue weighted by Crippen LogP contribution is -2.36. The molecule has 0 radical (unpaired) electrons. The molecule has 0 saturated carbocycles. The molecule has 1 aromatic heterocycles. The zero-order valence-corrected chi connectivity index (χ0v) is 22.1. The third-order valence-corrected chi connectivity index (χ3v) is 7.24. The number of hydrogen-bond acceptors (Lipinski definition) is 6. The zero-order valence-electron chi connectivity index (χ0n) is 20.5. The molecule has 0 atom stereocenters. The number of benzene rings is 2. The molecular formula is C29H26ClF2N3O2S. The van der Waals surface area contributed by atoms with Gasteiger partial charge in [-0.25, -0.2) is 0 Å². The van der Waals surface area contributed by atoms with E-state index in [9.17, 15) is 8.78 Å². The quantitative estimate of drug-likeness (QED) is 0.162. The third kappa shape index (κ3) is 6.81. The Labute approximate surface area is 229 Å². The molecule has 0 unspecified atom stereocenters. The minimum absolute atomic E-state index is 0.510. The highest BCUT2D eigenvalue weighted by Crippen LogP contribution is 2.35. The Morgan fingerprint density at radius 2 is 1.63 bits per heavy atom. The van der Waals surface area contributed by atoms with Crippen LogP contribution in [-0.4, -0.2) is 49.4 Å². The van der Waals surface area contributed by atoms with Gasteiger partial charge in [0.25, 0.3) is 5.76 Å². The van der Waals surface area contributed by atoms with Gasteiger partial charge in [-0.05, 0) is 72.0 Å². The van der Waals surface area contributed by atoms with Crippen LogP contribution < -0.4 is 0 Å². The molecule has 2 heterocycles. The Morgan fingerprint density at radius 1 is 0.895 bits per heavy atom. The standard InChI is InChI=1S/C29H26ClF2N3O2S/c30-24-7-1-20(2-8-24)17-22-3-4-23(28(22)35-13-15-36-16-14-35)18-33-34-19-25-9-12-27(37-25)21-5-10-26(11-6-21)38-29(31)32/h1-2,5-12,17-19,29H,3-4,13-16H2/b22-17-,33-18?,34-19?. The van der Waals surface area contributed by atoms with Gasteiger partial charge in [0.05, 0.1) is 25.6 Å². The highest BCUT2D eigenvalue weighted by Gasteiger charge is 2.25. The number of allylic oxidation sites excluding steroid dienone is 2. The van der Waals surface area contributed by atoms with E-state index in [1.54, 1.807) is 36.5 Å². The van der Waals surface area contributed by atoms with Crippen molar-refractivity contribution >= 4 is 41.9 Å². The first-order valence-corrected chi connectivity index (χ1v) is 13.5. The normalized spacial score (nSPS) is 17.7. The average Bonchev–Trinajstić information content (AvgIpc) is 3.56. The van der Waals surface area contributed by atoms with Crippen molar-refractivity contribution in [2.75, 3.05) is 26.3 Å². The van der Waals surface area contributed by atoms with Crippen molar-refractivity contribution in [2.24, 2.45) is 10.2 Å². The lowest BCUT2D eigenvalue weighted by Gasteiger charge is -2.31. The summed E-state index contributed by atoms with van der Waals surface area (Å²) in [4.78, 5) is 2.88. The number of nitrogens with zero attached hydrogens (tertiary/aromatic N) is 3. The molecule has 0 N–H and O–H groups in total. The molecule has 1 aliphatic carbocycles. The summed E-state index contributed by atoms with van der Waals surface area (Å²) in [7, 11) is 0. The zero-order chi connectivity index (χ0) is 26.3. The Hall–Kier alpha value is -3.20. The fourth-order valence-corrected chi connectivity index (χ4v) is 5.13. The number of alkyl halides is 2. The van der Waals surface area contributed by atoms with Gasteiger partial charge in [-0.15, -0.1) is 0 Å². The first-order valence-electron chi connectivity index (χ1n) is 12.3. The first kappa shape index (κ1) is 26.4. The van der Waals surface area contributed by atoms with Gasteiger partial charge in [0.2, 0.25) is 0 Å². The molecule has 9 heteroatoms. The highest BCUT2D eigenvalue weighted by molar-refractivity contribution is 7.99. The van der Waals surface area contributed by atoms with Crippen LogP contribution in [-0.2, 0) is 4.74 Å². The molecule has 0 bridgehead atoms. The van der Waals surface area contributed by atoms with Crippen LogP contribution in [0.25, 0.3) is 17.4 Å². The summed E-state index contributed by atoms with van der Waals surface area (Å²) in [6, 6.07) is 18.3. The smallest absolute Gasteiger partial charge is 0.288 e. The largest absolute Gasteiger partial charge is 0.455 e. The predicted molar refractivity (Wildman–Crippen MR) is 150 cm³/mol. The second kappa shape index (κ2) is 12.6. The van der Waals surface area contributed by atoms with Crippen LogP contribution in [0.1, 0.15) is 24.2 Å². The summed E-state index contributed by atoms with van der Waals surface area (Å²) >= 11 is 6.58. The minimum atomic E-state index is -2.44.